The van der Waals surface area contributed by atoms with Crippen LogP contribution in [0.1, 0.15) is 34.8 Å². The predicted molar refractivity (Wildman–Crippen MR) is 84.1 cm³/mol. The third kappa shape index (κ3) is 3.21. The van der Waals surface area contributed by atoms with Gasteiger partial charge in [0.25, 0.3) is 5.91 Å². The van der Waals surface area contributed by atoms with Crippen molar-refractivity contribution in [3.8, 4) is 5.75 Å². The Bertz CT molecular complexity index is 714. The lowest BCUT2D eigenvalue weighted by Crippen LogP contribution is -2.41. The van der Waals surface area contributed by atoms with Crippen molar-refractivity contribution in [2.45, 2.75) is 25.8 Å². The number of hydrogen-bond donors (Lipinski definition) is 0. The summed E-state index contributed by atoms with van der Waals surface area (Å²) in [6.45, 7) is 3.18. The van der Waals surface area contributed by atoms with Crippen molar-refractivity contribution in [3.63, 3.8) is 0 Å². The van der Waals surface area contributed by atoms with Crippen LogP contribution in [0.4, 0.5) is 4.39 Å². The molecule has 1 aliphatic rings. The summed E-state index contributed by atoms with van der Waals surface area (Å²) < 4.78 is 21.0. The maximum absolute atomic E-state index is 14.1. The molecule has 0 aliphatic carbocycles. The molecule has 23 heavy (non-hydrogen) atoms. The maximum Gasteiger partial charge on any atom is 0.256 e. The molecular formula is C17H20FN3O2. The molecule has 122 valence electrons. The molecular weight excluding hydrogens is 297 g/mol. The Kier molecular flexibility index (Phi) is 4.32. The van der Waals surface area contributed by atoms with Gasteiger partial charge in [0.1, 0.15) is 11.6 Å². The van der Waals surface area contributed by atoms with Gasteiger partial charge in [0.15, 0.2) is 0 Å². The second-order valence-corrected chi connectivity index (χ2v) is 5.89. The summed E-state index contributed by atoms with van der Waals surface area (Å²) in [5.41, 5.74) is 1.18. The van der Waals surface area contributed by atoms with Crippen molar-refractivity contribution in [2.24, 2.45) is 0 Å². The summed E-state index contributed by atoms with van der Waals surface area (Å²) in [5, 5.41) is 4.33. The zero-order chi connectivity index (χ0) is 16.4. The first kappa shape index (κ1) is 15.5. The van der Waals surface area contributed by atoms with Crippen LogP contribution in [0.15, 0.2) is 30.6 Å². The van der Waals surface area contributed by atoms with Crippen LogP contribution in [0.5, 0.6) is 5.75 Å². The molecule has 0 N–H and O–H groups in total. The number of piperidine rings is 1. The van der Waals surface area contributed by atoms with Crippen molar-refractivity contribution in [1.29, 1.82) is 0 Å². The highest BCUT2D eigenvalue weighted by Gasteiger charge is 2.27. The Morgan fingerprint density at radius 3 is 2.91 bits per heavy atom. The van der Waals surface area contributed by atoms with Gasteiger partial charge in [-0.3, -0.25) is 9.48 Å². The van der Waals surface area contributed by atoms with Crippen molar-refractivity contribution < 1.29 is 13.9 Å². The molecule has 0 bridgehead atoms. The number of methoxy groups -OCH3 is 1. The number of ether oxygens (including phenoxy) is 1. The van der Waals surface area contributed by atoms with E-state index in [9.17, 15) is 9.18 Å². The zero-order valence-electron chi connectivity index (χ0n) is 13.3. The van der Waals surface area contributed by atoms with Gasteiger partial charge in [-0.05, 0) is 37.5 Å². The highest BCUT2D eigenvalue weighted by Crippen LogP contribution is 2.24. The van der Waals surface area contributed by atoms with Crippen LogP contribution in [0.25, 0.3) is 0 Å². The van der Waals surface area contributed by atoms with E-state index < -0.39 is 5.82 Å². The topological polar surface area (TPSA) is 47.4 Å². The molecule has 2 aromatic rings. The van der Waals surface area contributed by atoms with E-state index in [0.717, 1.165) is 18.4 Å². The van der Waals surface area contributed by atoms with Crippen LogP contribution in [0, 0.1) is 12.7 Å². The Morgan fingerprint density at radius 1 is 1.43 bits per heavy atom. The van der Waals surface area contributed by atoms with Gasteiger partial charge >= 0.3 is 0 Å². The first-order chi connectivity index (χ1) is 11.1. The molecule has 0 radical (unpaired) electrons. The predicted octanol–water partition coefficient (Wildman–Crippen LogP) is 2.82. The molecule has 2 heterocycles. The molecule has 1 unspecified atom stereocenters. The Morgan fingerprint density at radius 2 is 2.26 bits per heavy atom. The molecule has 1 atom stereocenters. The Labute approximate surface area is 134 Å². The summed E-state index contributed by atoms with van der Waals surface area (Å²) in [7, 11) is 1.47. The summed E-state index contributed by atoms with van der Waals surface area (Å²) >= 11 is 0. The fraction of sp³-hybridized carbons (Fsp3) is 0.412. The number of nitrogens with zero attached hydrogens (tertiary/aromatic N) is 3. The molecule has 1 aromatic heterocycles. The molecule has 0 spiro atoms. The fourth-order valence-corrected chi connectivity index (χ4v) is 2.95. The third-order valence-electron chi connectivity index (χ3n) is 4.20. The quantitative estimate of drug-likeness (QED) is 0.874. The third-order valence-corrected chi connectivity index (χ3v) is 4.20. The molecule has 0 saturated carbocycles. The smallest absolute Gasteiger partial charge is 0.256 e. The van der Waals surface area contributed by atoms with E-state index in [2.05, 4.69) is 5.10 Å². The van der Waals surface area contributed by atoms with Crippen molar-refractivity contribution in [3.05, 3.63) is 47.5 Å². The van der Waals surface area contributed by atoms with Gasteiger partial charge in [0.2, 0.25) is 0 Å². The van der Waals surface area contributed by atoms with Gasteiger partial charge < -0.3 is 9.64 Å². The lowest BCUT2D eigenvalue weighted by Gasteiger charge is -2.33. The number of carbonyl (C=O) groups is 1. The summed E-state index contributed by atoms with van der Waals surface area (Å²) in [4.78, 5) is 14.3. The first-order valence-corrected chi connectivity index (χ1v) is 7.72. The van der Waals surface area contributed by atoms with E-state index >= 15 is 0 Å². The largest absolute Gasteiger partial charge is 0.497 e. The maximum atomic E-state index is 14.1. The number of likely N-dealkylation sites (tertiary alicyclic amines) is 1. The van der Waals surface area contributed by atoms with Crippen LogP contribution in [0.3, 0.4) is 0 Å². The van der Waals surface area contributed by atoms with Gasteiger partial charge in [0, 0.05) is 25.4 Å². The summed E-state index contributed by atoms with van der Waals surface area (Å²) in [6.07, 6.45) is 5.64. The Balaban J connectivity index is 1.77. The number of rotatable bonds is 3. The van der Waals surface area contributed by atoms with Gasteiger partial charge in [-0.25, -0.2) is 4.39 Å². The second-order valence-electron chi connectivity index (χ2n) is 5.89. The van der Waals surface area contributed by atoms with E-state index in [0.29, 0.717) is 18.8 Å². The molecule has 1 saturated heterocycles. The minimum absolute atomic E-state index is 0.0862. The van der Waals surface area contributed by atoms with E-state index in [1.165, 1.54) is 19.2 Å². The SMILES string of the molecule is COc1ccc(C(=O)N2CCCC(n3cc(C)cn3)C2)c(F)c1. The monoisotopic (exact) mass is 317 g/mol. The molecule has 1 aliphatic heterocycles. The summed E-state index contributed by atoms with van der Waals surface area (Å²) in [5.74, 6) is -0.423. The zero-order valence-corrected chi connectivity index (χ0v) is 13.3. The van der Waals surface area contributed by atoms with Gasteiger partial charge in [-0.15, -0.1) is 0 Å². The highest BCUT2D eigenvalue weighted by molar-refractivity contribution is 5.94. The standard InChI is InChI=1S/C17H20FN3O2/c1-12-9-19-21(10-12)13-4-3-7-20(11-13)17(22)15-6-5-14(23-2)8-16(15)18/h5-6,8-10,13H,3-4,7,11H2,1-2H3. The number of carbonyl (C=O) groups excluding carboxylic acids is 1. The average Bonchev–Trinajstić information content (AvgIpc) is 3.01. The molecule has 1 aromatic carbocycles. The fourth-order valence-electron chi connectivity index (χ4n) is 2.95. The van der Waals surface area contributed by atoms with E-state index in [1.54, 1.807) is 11.0 Å². The minimum Gasteiger partial charge on any atom is -0.497 e. The molecule has 3 rings (SSSR count). The lowest BCUT2D eigenvalue weighted by atomic mass is 10.0. The average molecular weight is 317 g/mol. The highest BCUT2D eigenvalue weighted by atomic mass is 19.1. The number of halogens is 1. The first-order valence-electron chi connectivity index (χ1n) is 7.72. The van der Waals surface area contributed by atoms with Crippen molar-refractivity contribution in [1.82, 2.24) is 14.7 Å². The number of hydrogen-bond acceptors (Lipinski definition) is 3. The van der Waals surface area contributed by atoms with E-state index in [-0.39, 0.29) is 17.5 Å². The van der Waals surface area contributed by atoms with Gasteiger partial charge in [0.05, 0.1) is 24.9 Å². The van der Waals surface area contributed by atoms with Crippen LogP contribution >= 0.6 is 0 Å². The summed E-state index contributed by atoms with van der Waals surface area (Å²) in [6, 6.07) is 4.47. The normalized spacial score (nSPS) is 18.0. The van der Waals surface area contributed by atoms with Crippen LogP contribution in [-0.2, 0) is 0 Å². The number of aromatic nitrogens is 2. The van der Waals surface area contributed by atoms with Crippen LogP contribution < -0.4 is 4.74 Å². The Hall–Kier alpha value is -2.37. The van der Waals surface area contributed by atoms with Crippen molar-refractivity contribution >= 4 is 5.91 Å². The van der Waals surface area contributed by atoms with Crippen molar-refractivity contribution in [2.75, 3.05) is 20.2 Å². The van der Waals surface area contributed by atoms with E-state index in [4.69, 9.17) is 4.74 Å². The lowest BCUT2D eigenvalue weighted by molar-refractivity contribution is 0.0668. The van der Waals surface area contributed by atoms with Gasteiger partial charge in [-0.1, -0.05) is 0 Å². The molecule has 5 nitrogen and oxygen atoms in total. The second kappa shape index (κ2) is 6.40. The molecule has 6 heteroatoms. The number of aryl methyl sites for hydroxylation is 1. The molecule has 1 fully saturated rings. The number of benzene rings is 1. The van der Waals surface area contributed by atoms with Gasteiger partial charge in [-0.2, -0.15) is 5.10 Å². The minimum atomic E-state index is -0.550. The molecule has 1 amide bonds. The van der Waals surface area contributed by atoms with Crippen LogP contribution in [-0.4, -0.2) is 40.8 Å². The van der Waals surface area contributed by atoms with Crippen LogP contribution in [0.2, 0.25) is 0 Å². The number of amides is 1. The van der Waals surface area contributed by atoms with E-state index in [1.807, 2.05) is 24.0 Å².